The van der Waals surface area contributed by atoms with E-state index in [9.17, 15) is 50.0 Å². The molecule has 13 nitrogen and oxygen atoms in total. The molecule has 1 rings (SSSR count). The predicted molar refractivity (Wildman–Crippen MR) is 243 cm³/mol. The summed E-state index contributed by atoms with van der Waals surface area (Å²) in [7, 11) is -5.15. The molecule has 14 heteroatoms. The summed E-state index contributed by atoms with van der Waals surface area (Å²) < 4.78 is 22.8. The smallest absolute Gasteiger partial charge is 0.393 e. The molecule has 0 radical (unpaired) electrons. The number of aliphatic hydroxyl groups is 7. The lowest BCUT2D eigenvalue weighted by Gasteiger charge is -2.41. The minimum Gasteiger partial charge on any atom is -0.393 e. The zero-order valence-electron chi connectivity index (χ0n) is 37.6. The van der Waals surface area contributed by atoms with Crippen LogP contribution in [0, 0.1) is 0 Å². The molecule has 8 unspecified atom stereocenters. The zero-order chi connectivity index (χ0) is 45.1. The van der Waals surface area contributed by atoms with Crippen LogP contribution in [0.25, 0.3) is 0 Å². The average molecular weight is 888 g/mol. The minimum absolute atomic E-state index is 0.268. The van der Waals surface area contributed by atoms with Gasteiger partial charge in [0.25, 0.3) is 0 Å². The van der Waals surface area contributed by atoms with E-state index in [1.54, 1.807) is 6.08 Å². The molecule has 0 aromatic heterocycles. The molecule has 1 saturated carbocycles. The number of aliphatic hydroxyl groups excluding tert-OH is 7. The van der Waals surface area contributed by atoms with Crippen LogP contribution in [0.5, 0.6) is 0 Å². The number of phosphoric acid groups is 1. The van der Waals surface area contributed by atoms with Crippen LogP contribution in [0.15, 0.2) is 48.6 Å². The normalized spacial score (nSPS) is 23.6. The van der Waals surface area contributed by atoms with Crippen molar-refractivity contribution >= 4 is 13.7 Å². The molecule has 1 aliphatic carbocycles. The Balaban J connectivity index is 2.59. The van der Waals surface area contributed by atoms with Crippen molar-refractivity contribution in [3.63, 3.8) is 0 Å². The second-order valence-corrected chi connectivity index (χ2v) is 18.2. The molecular weight excluding hydrogens is 801 g/mol. The number of carbonyl (C=O) groups is 1. The van der Waals surface area contributed by atoms with Crippen LogP contribution in [0.1, 0.15) is 181 Å². The Bertz CT molecular complexity index is 1230. The van der Waals surface area contributed by atoms with Gasteiger partial charge in [0.2, 0.25) is 5.91 Å². The fourth-order valence-electron chi connectivity index (χ4n) is 7.25. The second kappa shape index (κ2) is 36.6. The number of amides is 1. The summed E-state index contributed by atoms with van der Waals surface area (Å²) in [6, 6.07) is -1.26. The third-order valence-corrected chi connectivity index (χ3v) is 12.1. The Morgan fingerprint density at radius 3 is 1.57 bits per heavy atom. The third-order valence-electron chi connectivity index (χ3n) is 11.2. The molecule has 1 fully saturated rings. The van der Waals surface area contributed by atoms with Crippen LogP contribution in [0.4, 0.5) is 0 Å². The molecule has 9 N–H and O–H groups in total. The SMILES string of the molecule is CCCCC/C=C\C=C/CCCCCCC(O)CC(=O)NC(COP(=O)(O)OC1C(O)C(O)C(O)C(O)C1O)C(O)/C=C/CC/C=C/CCCCCCCCCCCCCC. The first-order valence-electron chi connectivity index (χ1n) is 23.7. The van der Waals surface area contributed by atoms with Crippen molar-refractivity contribution in [3.8, 4) is 0 Å². The summed E-state index contributed by atoms with van der Waals surface area (Å²) >= 11 is 0. The average Bonchev–Trinajstić information content (AvgIpc) is 3.23. The van der Waals surface area contributed by atoms with Crippen molar-refractivity contribution < 1.29 is 59.0 Å². The van der Waals surface area contributed by atoms with Crippen LogP contribution in [-0.4, -0.2) is 108 Å². The van der Waals surface area contributed by atoms with Gasteiger partial charge in [0, 0.05) is 0 Å². The van der Waals surface area contributed by atoms with E-state index in [-0.39, 0.29) is 6.42 Å². The molecule has 0 aliphatic heterocycles. The van der Waals surface area contributed by atoms with Gasteiger partial charge in [-0.25, -0.2) is 4.57 Å². The van der Waals surface area contributed by atoms with Crippen molar-refractivity contribution in [2.45, 2.75) is 236 Å². The van der Waals surface area contributed by atoms with Gasteiger partial charge >= 0.3 is 7.82 Å². The zero-order valence-corrected chi connectivity index (χ0v) is 38.5. The van der Waals surface area contributed by atoms with Gasteiger partial charge < -0.3 is 46.0 Å². The summed E-state index contributed by atoms with van der Waals surface area (Å²) in [5, 5.41) is 74.4. The first-order valence-corrected chi connectivity index (χ1v) is 25.2. The van der Waals surface area contributed by atoms with Gasteiger partial charge in [-0.1, -0.05) is 165 Å². The molecule has 356 valence electrons. The molecule has 61 heavy (non-hydrogen) atoms. The topological polar surface area (TPSA) is 226 Å². The van der Waals surface area contributed by atoms with Crippen LogP contribution in [0.2, 0.25) is 0 Å². The first-order chi connectivity index (χ1) is 29.3. The fraction of sp³-hybridized carbons (Fsp3) is 0.809. The fourth-order valence-corrected chi connectivity index (χ4v) is 8.21. The number of hydrogen-bond acceptors (Lipinski definition) is 11. The molecule has 1 amide bonds. The van der Waals surface area contributed by atoms with Crippen molar-refractivity contribution in [3.05, 3.63) is 48.6 Å². The van der Waals surface area contributed by atoms with E-state index >= 15 is 0 Å². The van der Waals surface area contributed by atoms with Crippen LogP contribution in [-0.2, 0) is 18.4 Å². The Morgan fingerprint density at radius 1 is 0.590 bits per heavy atom. The molecule has 0 spiro atoms. The summed E-state index contributed by atoms with van der Waals surface area (Å²) in [5.74, 6) is -0.616. The van der Waals surface area contributed by atoms with Gasteiger partial charge in [0.05, 0.1) is 31.3 Å². The van der Waals surface area contributed by atoms with Gasteiger partial charge in [-0.2, -0.15) is 0 Å². The number of phosphoric ester groups is 1. The number of allylic oxidation sites excluding steroid dienone is 7. The highest BCUT2D eigenvalue weighted by molar-refractivity contribution is 7.47. The highest BCUT2D eigenvalue weighted by Gasteiger charge is 2.51. The second-order valence-electron chi connectivity index (χ2n) is 16.8. The monoisotopic (exact) mass is 888 g/mol. The van der Waals surface area contributed by atoms with Crippen LogP contribution >= 0.6 is 7.82 Å². The van der Waals surface area contributed by atoms with E-state index in [0.717, 1.165) is 57.8 Å². The summed E-state index contributed by atoms with van der Waals surface area (Å²) in [6.07, 6.45) is 29.1. The quantitative estimate of drug-likeness (QED) is 0.0125. The predicted octanol–water partition coefficient (Wildman–Crippen LogP) is 7.92. The van der Waals surface area contributed by atoms with Crippen LogP contribution < -0.4 is 5.32 Å². The van der Waals surface area contributed by atoms with Crippen molar-refractivity contribution in [2.24, 2.45) is 0 Å². The van der Waals surface area contributed by atoms with E-state index in [4.69, 9.17) is 9.05 Å². The van der Waals surface area contributed by atoms with Crippen molar-refractivity contribution in [1.29, 1.82) is 0 Å². The van der Waals surface area contributed by atoms with E-state index in [1.165, 1.54) is 96.0 Å². The maximum Gasteiger partial charge on any atom is 0.472 e. The third kappa shape index (κ3) is 28.6. The Kier molecular flexibility index (Phi) is 34.3. The molecule has 0 heterocycles. The number of unbranched alkanes of at least 4 members (excludes halogenated alkanes) is 20. The van der Waals surface area contributed by atoms with Gasteiger partial charge in [-0.05, 0) is 57.8 Å². The standard InChI is InChI=1S/C47H86NO12P/c1-3-5-7-9-11-13-15-17-18-19-20-21-23-25-27-29-31-33-35-40(50)39(37-59-61(57,58)60-47-45(55)43(53)42(52)44(54)46(47)56)48-41(51)36-38(49)34-32-30-28-26-24-22-16-14-12-10-8-6-4-2/h12,14,16,22,25,27,33,35,38-40,42-47,49-50,52-56H,3-11,13,15,17-21,23-24,26,28-32,34,36-37H2,1-2H3,(H,48,51)(H,57,58)/b14-12-,22-16-,27-25+,35-33+. The molecule has 0 saturated heterocycles. The molecule has 1 aliphatic rings. The minimum atomic E-state index is -5.15. The van der Waals surface area contributed by atoms with Crippen molar-refractivity contribution in [2.75, 3.05) is 6.61 Å². The van der Waals surface area contributed by atoms with Crippen LogP contribution in [0.3, 0.4) is 0 Å². The Morgan fingerprint density at radius 2 is 1.02 bits per heavy atom. The van der Waals surface area contributed by atoms with E-state index in [0.29, 0.717) is 12.8 Å². The summed E-state index contributed by atoms with van der Waals surface area (Å²) in [5.41, 5.74) is 0. The molecule has 0 aromatic rings. The maximum atomic E-state index is 13.0. The number of carbonyl (C=O) groups excluding carboxylic acids is 1. The number of rotatable bonds is 38. The highest BCUT2D eigenvalue weighted by atomic mass is 31.2. The van der Waals surface area contributed by atoms with Gasteiger partial charge in [0.15, 0.2) is 0 Å². The molecule has 8 atom stereocenters. The molecule has 0 aromatic carbocycles. The largest absolute Gasteiger partial charge is 0.472 e. The van der Waals surface area contributed by atoms with Gasteiger partial charge in [-0.15, -0.1) is 0 Å². The van der Waals surface area contributed by atoms with E-state index in [2.05, 4.69) is 55.6 Å². The molecule has 0 bridgehead atoms. The highest BCUT2D eigenvalue weighted by Crippen LogP contribution is 2.47. The van der Waals surface area contributed by atoms with E-state index < -0.39 is 75.2 Å². The Labute approximate surface area is 368 Å². The molecular formula is C47H86NO12P. The van der Waals surface area contributed by atoms with E-state index in [1.807, 2.05) is 0 Å². The first kappa shape index (κ1) is 57.3. The maximum absolute atomic E-state index is 13.0. The lowest BCUT2D eigenvalue weighted by atomic mass is 9.85. The Hall–Kier alpha value is -1.74. The lowest BCUT2D eigenvalue weighted by Crippen LogP contribution is -2.64. The van der Waals surface area contributed by atoms with Gasteiger partial charge in [0.1, 0.15) is 36.6 Å². The number of hydrogen-bond donors (Lipinski definition) is 9. The van der Waals surface area contributed by atoms with Gasteiger partial charge in [-0.3, -0.25) is 13.8 Å². The van der Waals surface area contributed by atoms with Crippen molar-refractivity contribution in [1.82, 2.24) is 5.32 Å². The number of nitrogens with one attached hydrogen (secondary N) is 1. The summed E-state index contributed by atoms with van der Waals surface area (Å²) in [4.78, 5) is 23.4. The summed E-state index contributed by atoms with van der Waals surface area (Å²) in [6.45, 7) is 3.68. The lowest BCUT2D eigenvalue weighted by molar-refractivity contribution is -0.220.